The minimum atomic E-state index is -0.727. The third kappa shape index (κ3) is 5.14. The van der Waals surface area contributed by atoms with E-state index in [1.165, 1.54) is 30.3 Å². The van der Waals surface area contributed by atoms with Gasteiger partial charge in [0.1, 0.15) is 10.6 Å². The van der Waals surface area contributed by atoms with Gasteiger partial charge < -0.3 is 9.47 Å². The normalized spacial score (nSPS) is 14.1. The quantitative estimate of drug-likeness (QED) is 0.0757. The number of rotatable bonds is 5. The molecule has 0 unspecified atom stereocenters. The van der Waals surface area contributed by atoms with Gasteiger partial charge in [0.2, 0.25) is 5.90 Å². The van der Waals surface area contributed by atoms with Gasteiger partial charge in [-0.05, 0) is 48.5 Å². The lowest BCUT2D eigenvalue weighted by atomic mass is 10.1. The lowest BCUT2D eigenvalue weighted by Gasteiger charge is -2.08. The number of fused-ring (bicyclic) bond motifs is 1. The summed E-state index contributed by atoms with van der Waals surface area (Å²) in [5.41, 5.74) is 0.622. The van der Waals surface area contributed by atoms with E-state index in [9.17, 15) is 19.7 Å². The molecule has 0 fully saturated rings. The van der Waals surface area contributed by atoms with E-state index in [1.54, 1.807) is 36.4 Å². The van der Waals surface area contributed by atoms with Gasteiger partial charge in [0.05, 0.1) is 9.95 Å². The Balaban J connectivity index is 1.46. The Morgan fingerprint density at radius 3 is 2.59 bits per heavy atom. The molecular weight excluding hydrogens is 607 g/mol. The molecule has 37 heavy (non-hydrogen) atoms. The highest BCUT2D eigenvalue weighted by Crippen LogP contribution is 2.38. The Hall–Kier alpha value is -3.57. The van der Waals surface area contributed by atoms with E-state index in [0.717, 1.165) is 16.0 Å². The van der Waals surface area contributed by atoms with E-state index < -0.39 is 16.9 Å². The van der Waals surface area contributed by atoms with Crippen molar-refractivity contribution in [2.24, 2.45) is 4.99 Å². The average molecular weight is 618 g/mol. The van der Waals surface area contributed by atoms with Crippen LogP contribution in [0, 0.1) is 10.1 Å². The summed E-state index contributed by atoms with van der Waals surface area (Å²) in [5, 5.41) is 12.3. The van der Waals surface area contributed by atoms with Gasteiger partial charge in [0.25, 0.3) is 5.69 Å². The van der Waals surface area contributed by atoms with Crippen molar-refractivity contribution >= 4 is 90.2 Å². The van der Waals surface area contributed by atoms with Crippen molar-refractivity contribution in [1.82, 2.24) is 0 Å². The summed E-state index contributed by atoms with van der Waals surface area (Å²) >= 11 is 17.0. The Morgan fingerprint density at radius 1 is 1.11 bits per heavy atom. The van der Waals surface area contributed by atoms with Gasteiger partial charge in [-0.3, -0.25) is 10.1 Å². The smallest absolute Gasteiger partial charge is 0.363 e. The molecule has 0 N–H and O–H groups in total. The van der Waals surface area contributed by atoms with Crippen molar-refractivity contribution in [3.8, 4) is 5.75 Å². The first-order chi connectivity index (χ1) is 17.7. The standard InChI is InChI=1S/C25H11BrCl2N2O6S/c26-14-3-8-19(35-25(32)22-21(28)17-7-4-15(27)11-20(17)37-22)13(9-14)10-18-24(31)36-23(29-18)12-1-5-16(6-2-12)30(33)34/h1-11H/b18-10+. The van der Waals surface area contributed by atoms with Crippen LogP contribution >= 0.6 is 50.5 Å². The fourth-order valence-corrected chi connectivity index (χ4v) is 5.49. The predicted molar refractivity (Wildman–Crippen MR) is 145 cm³/mol. The van der Waals surface area contributed by atoms with Crippen LogP contribution in [0.2, 0.25) is 10.0 Å². The maximum absolute atomic E-state index is 13.0. The van der Waals surface area contributed by atoms with Crippen LogP contribution in [-0.4, -0.2) is 22.8 Å². The second-order valence-electron chi connectivity index (χ2n) is 7.60. The zero-order chi connectivity index (χ0) is 26.3. The number of ether oxygens (including phenoxy) is 2. The summed E-state index contributed by atoms with van der Waals surface area (Å²) in [6, 6.07) is 15.4. The van der Waals surface area contributed by atoms with Crippen LogP contribution in [0.3, 0.4) is 0 Å². The van der Waals surface area contributed by atoms with E-state index >= 15 is 0 Å². The molecule has 0 amide bonds. The number of cyclic esters (lactones) is 1. The molecule has 4 aromatic rings. The van der Waals surface area contributed by atoms with Gasteiger partial charge in [0.15, 0.2) is 5.70 Å². The fraction of sp³-hybridized carbons (Fsp3) is 0. The third-order valence-electron chi connectivity index (χ3n) is 5.19. The monoisotopic (exact) mass is 616 g/mol. The maximum atomic E-state index is 13.0. The number of thiophene rings is 1. The number of carbonyl (C=O) groups excluding carboxylic acids is 2. The summed E-state index contributed by atoms with van der Waals surface area (Å²) < 4.78 is 12.3. The zero-order valence-corrected chi connectivity index (χ0v) is 22.2. The van der Waals surface area contributed by atoms with Gasteiger partial charge in [-0.25, -0.2) is 14.6 Å². The van der Waals surface area contributed by atoms with E-state index in [4.69, 9.17) is 32.7 Å². The molecule has 1 aliphatic heterocycles. The molecule has 5 rings (SSSR count). The number of nitrogens with zero attached hydrogens (tertiary/aromatic N) is 2. The van der Waals surface area contributed by atoms with Gasteiger partial charge in [-0.2, -0.15) is 0 Å². The number of esters is 2. The van der Waals surface area contributed by atoms with Crippen molar-refractivity contribution in [3.05, 3.63) is 107 Å². The van der Waals surface area contributed by atoms with Gasteiger partial charge in [-0.15, -0.1) is 11.3 Å². The Bertz CT molecular complexity index is 1680. The highest BCUT2D eigenvalue weighted by atomic mass is 79.9. The average Bonchev–Trinajstić information content (AvgIpc) is 3.39. The lowest BCUT2D eigenvalue weighted by molar-refractivity contribution is -0.384. The van der Waals surface area contributed by atoms with Crippen molar-refractivity contribution < 1.29 is 24.0 Å². The fourth-order valence-electron chi connectivity index (χ4n) is 3.45. The van der Waals surface area contributed by atoms with Crippen LogP contribution in [0.15, 0.2) is 75.8 Å². The van der Waals surface area contributed by atoms with Crippen molar-refractivity contribution in [2.75, 3.05) is 0 Å². The lowest BCUT2D eigenvalue weighted by Crippen LogP contribution is -2.08. The minimum absolute atomic E-state index is 0.00425. The van der Waals surface area contributed by atoms with Crippen LogP contribution < -0.4 is 4.74 Å². The van der Waals surface area contributed by atoms with Crippen LogP contribution in [0.4, 0.5) is 5.69 Å². The molecule has 0 atom stereocenters. The molecule has 0 aliphatic carbocycles. The van der Waals surface area contributed by atoms with Gasteiger partial charge in [0, 0.05) is 42.8 Å². The minimum Gasteiger partial charge on any atom is -0.422 e. The Kier molecular flexibility index (Phi) is 6.82. The molecule has 0 saturated carbocycles. The first-order valence-corrected chi connectivity index (χ1v) is 12.7. The SMILES string of the molecule is O=C1OC(c2ccc([N+](=O)[O-])cc2)=N/C1=C/c1cc(Br)ccc1OC(=O)c1sc2cc(Cl)ccc2c1Cl. The first-order valence-electron chi connectivity index (χ1n) is 10.4. The number of halogens is 3. The molecule has 3 aromatic carbocycles. The van der Waals surface area contributed by atoms with E-state index in [1.807, 2.05) is 0 Å². The number of hydrogen-bond donors (Lipinski definition) is 0. The molecule has 0 radical (unpaired) electrons. The molecule has 0 saturated heterocycles. The number of nitro benzene ring substituents is 1. The second-order valence-corrected chi connectivity index (χ2v) is 10.4. The Morgan fingerprint density at radius 2 is 1.86 bits per heavy atom. The molecular formula is C25H11BrCl2N2O6S. The number of nitro groups is 1. The van der Waals surface area contributed by atoms with Crippen LogP contribution in [0.1, 0.15) is 20.8 Å². The van der Waals surface area contributed by atoms with Crippen molar-refractivity contribution in [2.45, 2.75) is 0 Å². The molecule has 0 bridgehead atoms. The molecule has 0 spiro atoms. The van der Waals surface area contributed by atoms with E-state index in [0.29, 0.717) is 26.0 Å². The molecule has 2 heterocycles. The number of aliphatic imine (C=N–C) groups is 1. The van der Waals surface area contributed by atoms with Gasteiger partial charge in [-0.1, -0.05) is 45.2 Å². The Labute approximate surface area is 231 Å². The second kappa shape index (κ2) is 10.1. The number of benzene rings is 3. The molecule has 12 heteroatoms. The molecule has 184 valence electrons. The number of carbonyl (C=O) groups is 2. The van der Waals surface area contributed by atoms with Crippen LogP contribution in [-0.2, 0) is 9.53 Å². The topological polar surface area (TPSA) is 108 Å². The largest absolute Gasteiger partial charge is 0.422 e. The van der Waals surface area contributed by atoms with Crippen molar-refractivity contribution in [3.63, 3.8) is 0 Å². The molecule has 1 aromatic heterocycles. The van der Waals surface area contributed by atoms with Crippen molar-refractivity contribution in [1.29, 1.82) is 0 Å². The van der Waals surface area contributed by atoms with E-state index in [-0.39, 0.29) is 32.9 Å². The molecule has 1 aliphatic rings. The number of non-ortho nitro benzene ring substituents is 1. The zero-order valence-electron chi connectivity index (χ0n) is 18.2. The van der Waals surface area contributed by atoms with Crippen LogP contribution in [0.5, 0.6) is 5.75 Å². The first kappa shape index (κ1) is 25.1. The summed E-state index contributed by atoms with van der Waals surface area (Å²) in [5.74, 6) is -1.24. The summed E-state index contributed by atoms with van der Waals surface area (Å²) in [6.07, 6.45) is 1.42. The number of hydrogen-bond acceptors (Lipinski definition) is 8. The third-order valence-corrected chi connectivity index (χ3v) is 7.55. The highest BCUT2D eigenvalue weighted by molar-refractivity contribution is 9.10. The molecule has 8 nitrogen and oxygen atoms in total. The van der Waals surface area contributed by atoms with Gasteiger partial charge >= 0.3 is 11.9 Å². The highest BCUT2D eigenvalue weighted by Gasteiger charge is 2.26. The predicted octanol–water partition coefficient (Wildman–Crippen LogP) is 7.44. The summed E-state index contributed by atoms with van der Waals surface area (Å²) in [7, 11) is 0. The summed E-state index contributed by atoms with van der Waals surface area (Å²) in [6.45, 7) is 0. The summed E-state index contributed by atoms with van der Waals surface area (Å²) in [4.78, 5) is 40.3. The van der Waals surface area contributed by atoms with E-state index in [2.05, 4.69) is 20.9 Å². The van der Waals surface area contributed by atoms with Crippen LogP contribution in [0.25, 0.3) is 16.2 Å². The maximum Gasteiger partial charge on any atom is 0.363 e.